The Bertz CT molecular complexity index is 3900. The van der Waals surface area contributed by atoms with Crippen LogP contribution >= 0.6 is 22.7 Å². The Labute approximate surface area is 427 Å². The molecular formula is C65H60BN3S2. The summed E-state index contributed by atoms with van der Waals surface area (Å²) in [7, 11) is 0. The third-order valence-corrected chi connectivity index (χ3v) is 20.0. The van der Waals surface area contributed by atoms with E-state index in [1.54, 1.807) is 0 Å². The van der Waals surface area contributed by atoms with Crippen molar-refractivity contribution in [2.24, 2.45) is 0 Å². The largest absolute Gasteiger partial charge is 0.334 e. The molecule has 0 N–H and O–H groups in total. The van der Waals surface area contributed by atoms with Gasteiger partial charge in [-0.3, -0.25) is 0 Å². The van der Waals surface area contributed by atoms with Gasteiger partial charge in [0.2, 0.25) is 0 Å². The van der Waals surface area contributed by atoms with Crippen molar-refractivity contribution in [1.82, 2.24) is 0 Å². The van der Waals surface area contributed by atoms with Gasteiger partial charge >= 0.3 is 0 Å². The Morgan fingerprint density at radius 3 is 1.61 bits per heavy atom. The molecule has 2 aromatic heterocycles. The highest BCUT2D eigenvalue weighted by molar-refractivity contribution is 7.27. The lowest BCUT2D eigenvalue weighted by Gasteiger charge is -2.50. The summed E-state index contributed by atoms with van der Waals surface area (Å²) in [4.78, 5) is 8.13. The van der Waals surface area contributed by atoms with Gasteiger partial charge in [0.15, 0.2) is 0 Å². The van der Waals surface area contributed by atoms with E-state index < -0.39 is 0 Å². The molecule has 0 amide bonds. The lowest BCUT2D eigenvalue weighted by Crippen LogP contribution is -2.61. The van der Waals surface area contributed by atoms with Crippen LogP contribution < -0.4 is 31.1 Å². The number of fused-ring (bicyclic) bond motifs is 13. The van der Waals surface area contributed by atoms with Gasteiger partial charge in [-0.25, -0.2) is 0 Å². The van der Waals surface area contributed by atoms with Gasteiger partial charge in [-0.15, -0.1) is 22.7 Å². The summed E-state index contributed by atoms with van der Waals surface area (Å²) >= 11 is 3.85. The zero-order valence-corrected chi connectivity index (χ0v) is 44.1. The van der Waals surface area contributed by atoms with Crippen LogP contribution in [0.2, 0.25) is 0 Å². The molecule has 0 spiro atoms. The van der Waals surface area contributed by atoms with E-state index >= 15 is 0 Å². The van der Waals surface area contributed by atoms with E-state index in [0.29, 0.717) is 0 Å². The quantitative estimate of drug-likeness (QED) is 0.163. The fourth-order valence-electron chi connectivity index (χ4n) is 13.7. The lowest BCUT2D eigenvalue weighted by atomic mass is 9.33. The third-order valence-electron chi connectivity index (χ3n) is 17.5. The maximum atomic E-state index is 2.79. The van der Waals surface area contributed by atoms with Crippen LogP contribution in [0.4, 0.5) is 45.5 Å². The molecule has 3 aliphatic heterocycles. The zero-order valence-electron chi connectivity index (χ0n) is 42.5. The van der Waals surface area contributed by atoms with Crippen molar-refractivity contribution in [3.05, 3.63) is 174 Å². The fourth-order valence-corrected chi connectivity index (χ4v) is 16.1. The third kappa shape index (κ3) is 6.01. The van der Waals surface area contributed by atoms with Crippen LogP contribution in [-0.4, -0.2) is 12.3 Å². The molecular weight excluding hydrogens is 898 g/mol. The molecule has 2 atom stereocenters. The molecule has 2 unspecified atom stereocenters. The van der Waals surface area contributed by atoms with Crippen molar-refractivity contribution in [1.29, 1.82) is 0 Å². The van der Waals surface area contributed by atoms with E-state index in [2.05, 4.69) is 229 Å². The molecule has 8 aromatic carbocycles. The molecule has 5 heterocycles. The first-order valence-electron chi connectivity index (χ1n) is 25.9. The standard InChI is InChI=1S/C65H60BN3S2/c1-39-34-55-59-56(35-39)68(52-23-17-21-46-44-19-11-13-25-58(44)71-61(46)52)54-38-42(69-50-31-27-40(62(2,3)4)36-47(50)64(8)32-14-15-33-65(64,69)9)28-30-49(54)66(59)48-29-26-41(63(5,6)7)37-53(48)67(55)51-22-16-20-45-43-18-10-12-24-57(43)70-60(45)51/h10-13,16-31,34-38H,14-15,32-33H2,1-9H3. The maximum absolute atomic E-state index is 2.79. The van der Waals surface area contributed by atoms with E-state index in [9.17, 15) is 0 Å². The molecule has 0 radical (unpaired) electrons. The lowest BCUT2D eigenvalue weighted by molar-refractivity contribution is 0.195. The minimum Gasteiger partial charge on any atom is -0.334 e. The summed E-state index contributed by atoms with van der Waals surface area (Å²) in [6.07, 6.45) is 4.86. The van der Waals surface area contributed by atoms with Gasteiger partial charge in [0.25, 0.3) is 6.71 Å². The van der Waals surface area contributed by atoms with Gasteiger partial charge in [0.1, 0.15) is 0 Å². The first-order chi connectivity index (χ1) is 34.1. The molecule has 4 aliphatic rings. The van der Waals surface area contributed by atoms with Crippen LogP contribution in [0.5, 0.6) is 0 Å². The Kier molecular flexibility index (Phi) is 9.10. The molecule has 14 rings (SSSR count). The molecule has 1 saturated carbocycles. The average molecular weight is 958 g/mol. The summed E-state index contributed by atoms with van der Waals surface area (Å²) in [6.45, 7) is 21.6. The Morgan fingerprint density at radius 1 is 0.479 bits per heavy atom. The number of nitrogens with zero attached hydrogens (tertiary/aromatic N) is 3. The first kappa shape index (κ1) is 43.5. The number of anilines is 8. The molecule has 0 bridgehead atoms. The topological polar surface area (TPSA) is 9.72 Å². The van der Waals surface area contributed by atoms with Crippen molar-refractivity contribution in [2.45, 2.75) is 110 Å². The molecule has 1 aliphatic carbocycles. The van der Waals surface area contributed by atoms with E-state index in [0.717, 1.165) is 6.42 Å². The van der Waals surface area contributed by atoms with Gasteiger partial charge in [0, 0.05) is 70.5 Å². The summed E-state index contributed by atoms with van der Waals surface area (Å²) < 4.78 is 5.30. The van der Waals surface area contributed by atoms with Crippen LogP contribution in [-0.2, 0) is 16.2 Å². The summed E-state index contributed by atoms with van der Waals surface area (Å²) in [5, 5.41) is 5.28. The Hall–Kier alpha value is -6.34. The number of rotatable bonds is 3. The molecule has 0 saturated heterocycles. The van der Waals surface area contributed by atoms with Crippen LogP contribution in [0.1, 0.15) is 103 Å². The van der Waals surface area contributed by atoms with E-state index in [1.165, 1.54) is 144 Å². The van der Waals surface area contributed by atoms with Crippen molar-refractivity contribution in [2.75, 3.05) is 14.7 Å². The van der Waals surface area contributed by atoms with Crippen LogP contribution in [0, 0.1) is 6.92 Å². The van der Waals surface area contributed by atoms with Crippen LogP contribution in [0.15, 0.2) is 152 Å². The zero-order chi connectivity index (χ0) is 48.5. The van der Waals surface area contributed by atoms with E-state index in [4.69, 9.17) is 0 Å². The first-order valence-corrected chi connectivity index (χ1v) is 27.5. The number of benzene rings is 8. The molecule has 3 nitrogen and oxygen atoms in total. The predicted octanol–water partition coefficient (Wildman–Crippen LogP) is 17.2. The second-order valence-corrected chi connectivity index (χ2v) is 25.8. The Morgan fingerprint density at radius 2 is 1.00 bits per heavy atom. The van der Waals surface area contributed by atoms with Crippen molar-refractivity contribution < 1.29 is 0 Å². The number of hydrogen-bond donors (Lipinski definition) is 0. The molecule has 1 fully saturated rings. The van der Waals surface area contributed by atoms with Gasteiger partial charge in [-0.2, -0.15) is 0 Å². The number of aryl methyl sites for hydroxylation is 1. The maximum Gasteiger partial charge on any atom is 0.252 e. The van der Waals surface area contributed by atoms with Crippen molar-refractivity contribution in [3.63, 3.8) is 0 Å². The molecule has 71 heavy (non-hydrogen) atoms. The predicted molar refractivity (Wildman–Crippen MR) is 311 cm³/mol. The summed E-state index contributed by atoms with van der Waals surface area (Å²) in [5.74, 6) is 0. The minimum atomic E-state index is -0.0834. The normalized spacial score (nSPS) is 19.4. The van der Waals surface area contributed by atoms with Gasteiger partial charge in [0.05, 0.1) is 26.3 Å². The van der Waals surface area contributed by atoms with Gasteiger partial charge < -0.3 is 14.7 Å². The monoisotopic (exact) mass is 957 g/mol. The summed E-state index contributed by atoms with van der Waals surface area (Å²) in [5.41, 5.74) is 19.8. The van der Waals surface area contributed by atoms with E-state index in [-0.39, 0.29) is 28.5 Å². The van der Waals surface area contributed by atoms with Crippen LogP contribution in [0.3, 0.4) is 0 Å². The van der Waals surface area contributed by atoms with Gasteiger partial charge in [-0.05, 0) is 137 Å². The second kappa shape index (κ2) is 14.9. The number of hydrogen-bond acceptors (Lipinski definition) is 5. The minimum absolute atomic E-state index is 0.0140. The number of thiophene rings is 2. The molecule has 10 aromatic rings. The fraction of sp³-hybridized carbons (Fsp3) is 0.262. The van der Waals surface area contributed by atoms with Crippen LogP contribution in [0.25, 0.3) is 40.3 Å². The van der Waals surface area contributed by atoms with E-state index in [1.807, 2.05) is 22.7 Å². The highest BCUT2D eigenvalue weighted by Gasteiger charge is 2.58. The summed E-state index contributed by atoms with van der Waals surface area (Å²) in [6, 6.07) is 59.5. The average Bonchev–Trinajstić information content (AvgIpc) is 3.99. The highest BCUT2D eigenvalue weighted by atomic mass is 32.1. The molecule has 350 valence electrons. The highest BCUT2D eigenvalue weighted by Crippen LogP contribution is 2.62. The van der Waals surface area contributed by atoms with Crippen molar-refractivity contribution in [3.8, 4) is 0 Å². The second-order valence-electron chi connectivity index (χ2n) is 23.7. The van der Waals surface area contributed by atoms with Gasteiger partial charge in [-0.1, -0.05) is 152 Å². The molecule has 6 heteroatoms. The van der Waals surface area contributed by atoms with Crippen molar-refractivity contribution >= 4 is 132 Å². The Balaban J connectivity index is 1.07. The smallest absolute Gasteiger partial charge is 0.252 e. The SMILES string of the molecule is Cc1cc2c3c(c1)N(c1cccc4c1sc1ccccc14)c1cc(C(C)(C)C)ccc1B3c1ccc(N3c4ccc(C(C)(C)C)cc4C4(C)CCCCC34C)cc1N2c1cccc2c1sc1ccccc12.